The summed E-state index contributed by atoms with van der Waals surface area (Å²) in [6.07, 6.45) is 10.5. The Balaban J connectivity index is 1.27. The fourth-order valence-corrected chi connectivity index (χ4v) is 5.31. The van der Waals surface area contributed by atoms with Crippen LogP contribution in [0.1, 0.15) is 76.0 Å². The lowest BCUT2D eigenvalue weighted by atomic mass is 10.0. The van der Waals surface area contributed by atoms with Gasteiger partial charge in [0.05, 0.1) is 5.52 Å². The molecule has 0 bridgehead atoms. The molecule has 0 saturated carbocycles. The molecule has 6 heteroatoms. The molecule has 4 nitrogen and oxygen atoms in total. The van der Waals surface area contributed by atoms with Gasteiger partial charge in [-0.05, 0) is 73.8 Å². The Labute approximate surface area is 213 Å². The smallest absolute Gasteiger partial charge is 0.219 e. The van der Waals surface area contributed by atoms with Gasteiger partial charge in [-0.15, -0.1) is 0 Å². The number of hydrogen-bond acceptors (Lipinski definition) is 2. The van der Waals surface area contributed by atoms with Gasteiger partial charge in [0.25, 0.3) is 0 Å². The predicted octanol–water partition coefficient (Wildman–Crippen LogP) is 6.91. The van der Waals surface area contributed by atoms with Crippen LogP contribution < -0.4 is 5.32 Å². The largest absolute Gasteiger partial charge is 0.356 e. The zero-order chi connectivity index (χ0) is 25.3. The van der Waals surface area contributed by atoms with E-state index in [9.17, 15) is 13.6 Å². The molecule has 4 rings (SSSR count). The number of hydrogen-bond donors (Lipinski definition) is 1. The topological polar surface area (TPSA) is 37.3 Å². The molecule has 0 unspecified atom stereocenters. The van der Waals surface area contributed by atoms with Gasteiger partial charge >= 0.3 is 0 Å². The Hall–Kier alpha value is -2.73. The number of halogens is 2. The van der Waals surface area contributed by atoms with Gasteiger partial charge in [-0.3, -0.25) is 9.69 Å². The third-order valence-electron chi connectivity index (χ3n) is 7.25. The van der Waals surface area contributed by atoms with E-state index in [-0.39, 0.29) is 17.5 Å². The maximum Gasteiger partial charge on any atom is 0.219 e. The molecule has 1 N–H and O–H groups in total. The molecule has 0 radical (unpaired) electrons. The molecule has 36 heavy (non-hydrogen) atoms. The number of amides is 1. The number of nitrogens with one attached hydrogen (secondary N) is 1. The minimum atomic E-state index is -0.258. The predicted molar refractivity (Wildman–Crippen MR) is 142 cm³/mol. The van der Waals surface area contributed by atoms with Crippen LogP contribution in [0.2, 0.25) is 0 Å². The fourth-order valence-electron chi connectivity index (χ4n) is 5.31. The van der Waals surface area contributed by atoms with Gasteiger partial charge < -0.3 is 9.88 Å². The number of rotatable bonds is 13. The van der Waals surface area contributed by atoms with Crippen LogP contribution in [0.25, 0.3) is 16.6 Å². The van der Waals surface area contributed by atoms with Crippen LogP contribution in [-0.2, 0) is 17.8 Å². The normalized spacial score (nSPS) is 13.8. The average Bonchev–Trinajstić information content (AvgIpc) is 3.19. The fraction of sp³-hybridized carbons (Fsp3) is 0.500. The minimum absolute atomic E-state index is 0.187. The lowest BCUT2D eigenvalue weighted by molar-refractivity contribution is -0.121. The van der Waals surface area contributed by atoms with Crippen LogP contribution >= 0.6 is 0 Å². The number of carbonyl (C=O) groups is 1. The highest BCUT2D eigenvalue weighted by Crippen LogP contribution is 2.34. The van der Waals surface area contributed by atoms with E-state index in [1.54, 1.807) is 18.2 Å². The van der Waals surface area contributed by atoms with Gasteiger partial charge in [-0.1, -0.05) is 39.0 Å². The summed E-state index contributed by atoms with van der Waals surface area (Å²) in [4.78, 5) is 14.3. The Morgan fingerprint density at radius 3 is 2.47 bits per heavy atom. The molecule has 2 heterocycles. The summed E-state index contributed by atoms with van der Waals surface area (Å²) in [5.74, 6) is -0.302. The first-order chi connectivity index (χ1) is 17.6. The number of fused-ring (bicyclic) bond motifs is 3. The molecule has 1 aromatic heterocycles. The van der Waals surface area contributed by atoms with Gasteiger partial charge in [-0.25, -0.2) is 8.78 Å². The van der Waals surface area contributed by atoms with Crippen LogP contribution in [0.5, 0.6) is 0 Å². The molecule has 0 saturated heterocycles. The van der Waals surface area contributed by atoms with Crippen molar-refractivity contribution >= 4 is 16.8 Å². The Kier molecular flexibility index (Phi) is 9.51. The van der Waals surface area contributed by atoms with Crippen molar-refractivity contribution in [1.29, 1.82) is 0 Å². The number of benzene rings is 2. The Morgan fingerprint density at radius 2 is 1.67 bits per heavy atom. The highest BCUT2D eigenvalue weighted by atomic mass is 19.1. The van der Waals surface area contributed by atoms with Gasteiger partial charge in [0.1, 0.15) is 11.6 Å². The van der Waals surface area contributed by atoms with Crippen LogP contribution in [0, 0.1) is 11.6 Å². The van der Waals surface area contributed by atoms with Gasteiger partial charge in [0.2, 0.25) is 5.91 Å². The van der Waals surface area contributed by atoms with E-state index in [1.165, 1.54) is 42.3 Å². The van der Waals surface area contributed by atoms with Crippen LogP contribution in [0.15, 0.2) is 42.5 Å². The van der Waals surface area contributed by atoms with Crippen molar-refractivity contribution in [3.63, 3.8) is 0 Å². The second kappa shape index (κ2) is 13.0. The summed E-state index contributed by atoms with van der Waals surface area (Å²) in [5, 5.41) is 4.00. The van der Waals surface area contributed by atoms with Crippen molar-refractivity contribution in [1.82, 2.24) is 14.8 Å². The van der Waals surface area contributed by atoms with Gasteiger partial charge in [0.15, 0.2) is 0 Å². The first-order valence-corrected chi connectivity index (χ1v) is 13.6. The monoisotopic (exact) mass is 495 g/mol. The average molecular weight is 496 g/mol. The second-order valence-corrected chi connectivity index (χ2v) is 10.00. The standard InChI is InChI=1S/C30H39F2N3O/c1-2-3-4-7-10-30(36)33-18-8-5-6-9-19-34-20-17-29-27(22-34)26-21-24(32)13-16-28(26)35(29)25-14-11-23(31)12-15-25/h11-16,21H,2-10,17-20,22H2,1H3,(H,33,36). The van der Waals surface area contributed by atoms with Crippen molar-refractivity contribution in [3.8, 4) is 5.69 Å². The van der Waals surface area contributed by atoms with E-state index in [1.807, 2.05) is 6.07 Å². The van der Waals surface area contributed by atoms with Crippen molar-refractivity contribution in [2.45, 2.75) is 77.7 Å². The summed E-state index contributed by atoms with van der Waals surface area (Å²) in [7, 11) is 0. The van der Waals surface area contributed by atoms with E-state index < -0.39 is 0 Å². The minimum Gasteiger partial charge on any atom is -0.356 e. The van der Waals surface area contributed by atoms with Crippen molar-refractivity contribution in [3.05, 3.63) is 65.4 Å². The summed E-state index contributed by atoms with van der Waals surface area (Å²) in [6.45, 7) is 5.73. The molecule has 3 aromatic rings. The van der Waals surface area contributed by atoms with Crippen molar-refractivity contribution in [2.75, 3.05) is 19.6 Å². The summed E-state index contributed by atoms with van der Waals surface area (Å²) in [6, 6.07) is 11.5. The lowest BCUT2D eigenvalue weighted by Gasteiger charge is -2.28. The summed E-state index contributed by atoms with van der Waals surface area (Å²) >= 11 is 0. The molecule has 0 spiro atoms. The SMILES string of the molecule is CCCCCCC(=O)NCCCCCCN1CCc2c(c3cc(F)ccc3n2-c2ccc(F)cc2)C1. The van der Waals surface area contributed by atoms with Crippen LogP contribution in [0.4, 0.5) is 8.78 Å². The van der Waals surface area contributed by atoms with E-state index in [0.29, 0.717) is 6.42 Å². The third kappa shape index (κ3) is 6.73. The number of aromatic nitrogens is 1. The molecule has 1 amide bonds. The number of unbranched alkanes of at least 4 members (excludes halogenated alkanes) is 6. The highest BCUT2D eigenvalue weighted by Gasteiger charge is 2.24. The molecule has 194 valence electrons. The zero-order valence-corrected chi connectivity index (χ0v) is 21.5. The van der Waals surface area contributed by atoms with E-state index >= 15 is 0 Å². The highest BCUT2D eigenvalue weighted by molar-refractivity contribution is 5.87. The molecule has 1 aliphatic rings. The van der Waals surface area contributed by atoms with E-state index in [0.717, 1.165) is 87.7 Å². The van der Waals surface area contributed by atoms with Crippen LogP contribution in [0.3, 0.4) is 0 Å². The van der Waals surface area contributed by atoms with Crippen molar-refractivity contribution < 1.29 is 13.6 Å². The lowest BCUT2D eigenvalue weighted by Crippen LogP contribution is -2.31. The molecule has 0 aliphatic carbocycles. The third-order valence-corrected chi connectivity index (χ3v) is 7.25. The molecular formula is C30H39F2N3O. The summed E-state index contributed by atoms with van der Waals surface area (Å²) < 4.78 is 29.8. The molecule has 1 aliphatic heterocycles. The molecule has 0 atom stereocenters. The first kappa shape index (κ1) is 26.3. The Bertz CT molecular complexity index is 1140. The van der Waals surface area contributed by atoms with E-state index in [4.69, 9.17) is 0 Å². The number of carbonyl (C=O) groups excluding carboxylic acids is 1. The summed E-state index contributed by atoms with van der Waals surface area (Å²) in [5.41, 5.74) is 4.27. The maximum atomic E-state index is 14.2. The van der Waals surface area contributed by atoms with Gasteiger partial charge in [-0.2, -0.15) is 0 Å². The maximum absolute atomic E-state index is 14.2. The molecule has 2 aromatic carbocycles. The zero-order valence-electron chi connectivity index (χ0n) is 21.5. The Morgan fingerprint density at radius 1 is 0.917 bits per heavy atom. The number of nitrogens with zero attached hydrogens (tertiary/aromatic N) is 2. The first-order valence-electron chi connectivity index (χ1n) is 13.6. The van der Waals surface area contributed by atoms with Crippen molar-refractivity contribution in [2.24, 2.45) is 0 Å². The molecular weight excluding hydrogens is 456 g/mol. The van der Waals surface area contributed by atoms with E-state index in [2.05, 4.69) is 21.7 Å². The quantitative estimate of drug-likeness (QED) is 0.262. The van der Waals surface area contributed by atoms with Gasteiger partial charge in [0, 0.05) is 49.2 Å². The molecule has 0 fully saturated rings. The van der Waals surface area contributed by atoms with Crippen LogP contribution in [-0.4, -0.2) is 35.0 Å². The second-order valence-electron chi connectivity index (χ2n) is 10.00.